The maximum Gasteiger partial charge on any atom is 0.407 e. The average Bonchev–Trinajstić information content (AvgIpc) is 2.25. The van der Waals surface area contributed by atoms with Gasteiger partial charge in [0.15, 0.2) is 0 Å². The Hall–Kier alpha value is -1.79. The van der Waals surface area contributed by atoms with E-state index in [4.69, 9.17) is 14.6 Å². The highest BCUT2D eigenvalue weighted by molar-refractivity contribution is 5.85. The van der Waals surface area contributed by atoms with Crippen molar-refractivity contribution in [2.45, 2.75) is 58.6 Å². The van der Waals surface area contributed by atoms with E-state index < -0.39 is 36.1 Å². The molecule has 2 N–H and O–H groups in total. The highest BCUT2D eigenvalue weighted by Crippen LogP contribution is 2.09. The van der Waals surface area contributed by atoms with Gasteiger partial charge in [0.25, 0.3) is 0 Å². The molecule has 20 heavy (non-hydrogen) atoms. The fourth-order valence-corrected chi connectivity index (χ4v) is 1.24. The molecule has 0 aliphatic carbocycles. The molecule has 7 heteroatoms. The number of rotatable bonds is 7. The lowest BCUT2D eigenvalue weighted by Crippen LogP contribution is -2.43. The number of ether oxygens (including phenoxy) is 2. The summed E-state index contributed by atoms with van der Waals surface area (Å²) in [5.41, 5.74) is -0.707. The summed E-state index contributed by atoms with van der Waals surface area (Å²) < 4.78 is 9.78. The van der Waals surface area contributed by atoms with Gasteiger partial charge in [-0.25, -0.2) is 9.59 Å². The number of alkyl carbamates (subject to hydrolysis) is 1. The second-order valence-corrected chi connectivity index (χ2v) is 5.32. The Kier molecular flexibility index (Phi) is 7.64. The van der Waals surface area contributed by atoms with Gasteiger partial charge in [-0.15, -0.1) is 0 Å². The zero-order valence-electron chi connectivity index (χ0n) is 12.4. The largest absolute Gasteiger partial charge is 0.480 e. The van der Waals surface area contributed by atoms with Crippen LogP contribution in [0, 0.1) is 0 Å². The zero-order chi connectivity index (χ0) is 15.8. The van der Waals surface area contributed by atoms with Crippen LogP contribution in [0.5, 0.6) is 0 Å². The molecule has 0 spiro atoms. The molecule has 0 aromatic carbocycles. The Morgan fingerprint density at radius 2 is 1.85 bits per heavy atom. The molecular formula is C13H23NO6. The molecule has 7 nitrogen and oxygen atoms in total. The van der Waals surface area contributed by atoms with Crippen LogP contribution in [0.2, 0.25) is 0 Å². The number of nitrogens with one attached hydrogen (secondary N) is 1. The van der Waals surface area contributed by atoms with Gasteiger partial charge in [-0.3, -0.25) is 4.79 Å². The predicted molar refractivity (Wildman–Crippen MR) is 71.3 cm³/mol. The topological polar surface area (TPSA) is 102 Å². The smallest absolute Gasteiger partial charge is 0.407 e. The van der Waals surface area contributed by atoms with E-state index >= 15 is 0 Å². The van der Waals surface area contributed by atoms with Gasteiger partial charge in [-0.1, -0.05) is 13.3 Å². The van der Waals surface area contributed by atoms with Gasteiger partial charge in [0.2, 0.25) is 0 Å². The van der Waals surface area contributed by atoms with E-state index in [0.29, 0.717) is 6.42 Å². The maximum absolute atomic E-state index is 11.5. The van der Waals surface area contributed by atoms with Crippen LogP contribution in [-0.2, 0) is 19.1 Å². The number of unbranched alkanes of at least 4 members (excludes halogenated alkanes) is 1. The Morgan fingerprint density at radius 1 is 1.25 bits per heavy atom. The molecule has 1 amide bonds. The number of carbonyl (C=O) groups excluding carboxylic acids is 2. The Balaban J connectivity index is 4.33. The van der Waals surface area contributed by atoms with Crippen LogP contribution < -0.4 is 5.32 Å². The van der Waals surface area contributed by atoms with Crippen molar-refractivity contribution in [2.75, 3.05) is 6.61 Å². The minimum atomic E-state index is -1.36. The maximum atomic E-state index is 11.5. The van der Waals surface area contributed by atoms with Crippen LogP contribution in [0.4, 0.5) is 4.79 Å². The summed E-state index contributed by atoms with van der Waals surface area (Å²) in [6.45, 7) is 7.16. The zero-order valence-corrected chi connectivity index (χ0v) is 12.4. The molecule has 0 saturated carbocycles. The van der Waals surface area contributed by atoms with Crippen molar-refractivity contribution in [3.05, 3.63) is 0 Å². The number of hydrogen-bond acceptors (Lipinski definition) is 5. The fraction of sp³-hybridized carbons (Fsp3) is 0.769. The molecule has 1 atom stereocenters. The summed E-state index contributed by atoms with van der Waals surface area (Å²) in [7, 11) is 0. The standard InChI is InChI=1S/C13H23NO6/c1-5-6-7-19-12(18)14-9(11(16)17)8-10(15)20-13(2,3)4/h9H,5-8H2,1-4H3,(H,14,18)(H,16,17). The van der Waals surface area contributed by atoms with Crippen LogP contribution in [0.1, 0.15) is 47.0 Å². The predicted octanol–water partition coefficient (Wildman–Crippen LogP) is 1.70. The highest BCUT2D eigenvalue weighted by Gasteiger charge is 2.26. The molecule has 116 valence electrons. The van der Waals surface area contributed by atoms with Gasteiger partial charge < -0.3 is 19.9 Å². The van der Waals surface area contributed by atoms with E-state index in [1.807, 2.05) is 6.92 Å². The van der Waals surface area contributed by atoms with E-state index in [0.717, 1.165) is 6.42 Å². The minimum absolute atomic E-state index is 0.209. The van der Waals surface area contributed by atoms with Gasteiger partial charge >= 0.3 is 18.0 Å². The van der Waals surface area contributed by atoms with Crippen molar-refractivity contribution in [2.24, 2.45) is 0 Å². The second kappa shape index (κ2) is 8.39. The summed E-state index contributed by atoms with van der Waals surface area (Å²) in [5, 5.41) is 11.1. The van der Waals surface area contributed by atoms with Crippen molar-refractivity contribution in [1.29, 1.82) is 0 Å². The van der Waals surface area contributed by atoms with Crippen LogP contribution in [-0.4, -0.2) is 41.4 Å². The lowest BCUT2D eigenvalue weighted by molar-refractivity contribution is -0.158. The summed E-state index contributed by atoms with van der Waals surface area (Å²) in [6.07, 6.45) is 0.245. The summed E-state index contributed by atoms with van der Waals surface area (Å²) in [4.78, 5) is 33.9. The van der Waals surface area contributed by atoms with Gasteiger partial charge in [0, 0.05) is 0 Å². The van der Waals surface area contributed by atoms with Crippen LogP contribution in [0.3, 0.4) is 0 Å². The molecule has 0 radical (unpaired) electrons. The lowest BCUT2D eigenvalue weighted by Gasteiger charge is -2.21. The number of hydrogen-bond donors (Lipinski definition) is 2. The molecule has 1 unspecified atom stereocenters. The van der Waals surface area contributed by atoms with Crippen LogP contribution >= 0.6 is 0 Å². The molecule has 0 aliphatic rings. The van der Waals surface area contributed by atoms with Crippen molar-refractivity contribution in [3.63, 3.8) is 0 Å². The molecule has 0 bridgehead atoms. The first-order valence-electron chi connectivity index (χ1n) is 6.53. The molecule has 0 saturated heterocycles. The first-order valence-corrected chi connectivity index (χ1v) is 6.53. The Bertz CT molecular complexity index is 347. The van der Waals surface area contributed by atoms with E-state index in [9.17, 15) is 14.4 Å². The SMILES string of the molecule is CCCCOC(=O)NC(CC(=O)OC(C)(C)C)C(=O)O. The quantitative estimate of drug-likeness (QED) is 0.546. The highest BCUT2D eigenvalue weighted by atomic mass is 16.6. The molecule has 0 fully saturated rings. The van der Waals surface area contributed by atoms with Crippen molar-refractivity contribution in [3.8, 4) is 0 Å². The van der Waals surface area contributed by atoms with Crippen molar-refractivity contribution >= 4 is 18.0 Å². The first kappa shape index (κ1) is 18.2. The van der Waals surface area contributed by atoms with Gasteiger partial charge in [-0.05, 0) is 27.2 Å². The monoisotopic (exact) mass is 289 g/mol. The average molecular weight is 289 g/mol. The Labute approximate surface area is 118 Å². The number of amides is 1. The molecule has 0 aromatic heterocycles. The molecule has 0 aromatic rings. The third kappa shape index (κ3) is 9.18. The molecular weight excluding hydrogens is 266 g/mol. The summed E-state index contributed by atoms with van der Waals surface area (Å²) in [5.74, 6) is -2.01. The number of carbonyl (C=O) groups is 3. The second-order valence-electron chi connectivity index (χ2n) is 5.32. The molecule has 0 rings (SSSR count). The van der Waals surface area contributed by atoms with E-state index in [1.54, 1.807) is 20.8 Å². The molecule has 0 heterocycles. The number of carboxylic acids is 1. The lowest BCUT2D eigenvalue weighted by atomic mass is 10.1. The number of aliphatic carboxylic acids is 1. The van der Waals surface area contributed by atoms with Crippen LogP contribution in [0.15, 0.2) is 0 Å². The van der Waals surface area contributed by atoms with Crippen molar-refractivity contribution < 1.29 is 29.0 Å². The number of carboxylic acid groups (broad SMARTS) is 1. The minimum Gasteiger partial charge on any atom is -0.480 e. The van der Waals surface area contributed by atoms with E-state index in [-0.39, 0.29) is 6.61 Å². The van der Waals surface area contributed by atoms with Crippen molar-refractivity contribution in [1.82, 2.24) is 5.32 Å². The van der Waals surface area contributed by atoms with Gasteiger partial charge in [0.1, 0.15) is 11.6 Å². The Morgan fingerprint density at radius 3 is 2.30 bits per heavy atom. The number of esters is 1. The van der Waals surface area contributed by atoms with Gasteiger partial charge in [0.05, 0.1) is 13.0 Å². The third-order valence-electron chi connectivity index (χ3n) is 2.11. The fourth-order valence-electron chi connectivity index (χ4n) is 1.24. The normalized spacial score (nSPS) is 12.4. The molecule has 0 aliphatic heterocycles. The summed E-state index contributed by atoms with van der Waals surface area (Å²) in [6, 6.07) is -1.36. The van der Waals surface area contributed by atoms with E-state index in [1.165, 1.54) is 0 Å². The van der Waals surface area contributed by atoms with E-state index in [2.05, 4.69) is 5.32 Å². The third-order valence-corrected chi connectivity index (χ3v) is 2.11. The summed E-state index contributed by atoms with van der Waals surface area (Å²) >= 11 is 0. The van der Waals surface area contributed by atoms with Crippen LogP contribution in [0.25, 0.3) is 0 Å². The van der Waals surface area contributed by atoms with Gasteiger partial charge in [-0.2, -0.15) is 0 Å². The first-order chi connectivity index (χ1) is 9.15.